The number of ether oxygens (including phenoxy) is 1. The van der Waals surface area contributed by atoms with Gasteiger partial charge in [-0.2, -0.15) is 0 Å². The fourth-order valence-corrected chi connectivity index (χ4v) is 1.34. The highest BCUT2D eigenvalue weighted by Crippen LogP contribution is 2.16. The van der Waals surface area contributed by atoms with Gasteiger partial charge in [0, 0.05) is 10.6 Å². The minimum absolute atomic E-state index is 0.168. The summed E-state index contributed by atoms with van der Waals surface area (Å²) in [5.74, 6) is -0.328. The molecular weight excluding hydrogens is 228 g/mol. The Morgan fingerprint density at radius 2 is 2.19 bits per heavy atom. The third kappa shape index (κ3) is 3.51. The lowest BCUT2D eigenvalue weighted by molar-refractivity contribution is -0.139. The minimum Gasteiger partial charge on any atom is -0.469 e. The summed E-state index contributed by atoms with van der Waals surface area (Å²) < 4.78 is 4.48. The van der Waals surface area contributed by atoms with E-state index in [-0.39, 0.29) is 12.4 Å². The van der Waals surface area contributed by atoms with Crippen LogP contribution in [0, 0.1) is 0 Å². The number of aldehydes is 1. The molecule has 4 heteroatoms. The molecular formula is C12H11ClO3. The Kier molecular flexibility index (Phi) is 4.73. The number of carbonyl (C=O) groups excluding carboxylic acids is 2. The van der Waals surface area contributed by atoms with E-state index >= 15 is 0 Å². The van der Waals surface area contributed by atoms with Gasteiger partial charge in [-0.1, -0.05) is 23.8 Å². The van der Waals surface area contributed by atoms with E-state index in [1.165, 1.54) is 7.11 Å². The molecule has 1 rings (SSSR count). The molecule has 0 bridgehead atoms. The van der Waals surface area contributed by atoms with Gasteiger partial charge in [0.1, 0.15) is 0 Å². The highest BCUT2D eigenvalue weighted by molar-refractivity contribution is 6.30. The van der Waals surface area contributed by atoms with Crippen molar-refractivity contribution < 1.29 is 14.3 Å². The lowest BCUT2D eigenvalue weighted by atomic mass is 10.1. The van der Waals surface area contributed by atoms with Gasteiger partial charge >= 0.3 is 5.97 Å². The number of rotatable bonds is 4. The Hall–Kier alpha value is -1.61. The molecule has 0 saturated carbocycles. The molecule has 0 heterocycles. The summed E-state index contributed by atoms with van der Waals surface area (Å²) in [5.41, 5.74) is 1.22. The molecule has 0 aromatic heterocycles. The van der Waals surface area contributed by atoms with Crippen LogP contribution in [0.1, 0.15) is 22.3 Å². The minimum atomic E-state index is -0.328. The molecule has 1 aromatic rings. The van der Waals surface area contributed by atoms with Gasteiger partial charge in [-0.3, -0.25) is 9.59 Å². The lowest BCUT2D eigenvalue weighted by Gasteiger charge is -1.99. The molecule has 0 aliphatic heterocycles. The first-order valence-corrected chi connectivity index (χ1v) is 5.03. The van der Waals surface area contributed by atoms with Crippen LogP contribution in [0.2, 0.25) is 5.02 Å². The number of esters is 1. The summed E-state index contributed by atoms with van der Waals surface area (Å²) in [5, 5.41) is 0.545. The molecule has 84 valence electrons. The predicted octanol–water partition coefficient (Wildman–Crippen LogP) is 2.73. The Morgan fingerprint density at radius 1 is 1.44 bits per heavy atom. The van der Waals surface area contributed by atoms with Crippen molar-refractivity contribution in [3.05, 3.63) is 40.4 Å². The SMILES string of the molecule is COC(=O)CC=Cc1cc(Cl)ccc1C=O. The Labute approximate surface area is 98.7 Å². The zero-order valence-corrected chi connectivity index (χ0v) is 9.53. The zero-order chi connectivity index (χ0) is 12.0. The van der Waals surface area contributed by atoms with E-state index in [2.05, 4.69) is 4.74 Å². The molecule has 0 spiro atoms. The maximum Gasteiger partial charge on any atom is 0.309 e. The fraction of sp³-hybridized carbons (Fsp3) is 0.167. The lowest BCUT2D eigenvalue weighted by Crippen LogP contribution is -1.96. The maximum atomic E-state index is 10.9. The van der Waals surface area contributed by atoms with E-state index in [0.29, 0.717) is 16.1 Å². The second-order valence-corrected chi connectivity index (χ2v) is 3.51. The Bertz CT molecular complexity index is 424. The van der Waals surface area contributed by atoms with E-state index < -0.39 is 0 Å². The van der Waals surface area contributed by atoms with Gasteiger partial charge in [-0.25, -0.2) is 0 Å². The van der Waals surface area contributed by atoms with Gasteiger partial charge in [0.2, 0.25) is 0 Å². The van der Waals surface area contributed by atoms with Gasteiger partial charge in [-0.15, -0.1) is 0 Å². The molecule has 16 heavy (non-hydrogen) atoms. The average molecular weight is 239 g/mol. The van der Waals surface area contributed by atoms with Crippen LogP contribution in [-0.2, 0) is 9.53 Å². The van der Waals surface area contributed by atoms with E-state index in [1.807, 2.05) is 0 Å². The van der Waals surface area contributed by atoms with Crippen LogP contribution in [0.4, 0.5) is 0 Å². The Balaban J connectivity index is 2.83. The smallest absolute Gasteiger partial charge is 0.309 e. The largest absolute Gasteiger partial charge is 0.469 e. The summed E-state index contributed by atoms with van der Waals surface area (Å²) >= 11 is 5.80. The number of hydrogen-bond acceptors (Lipinski definition) is 3. The van der Waals surface area contributed by atoms with E-state index in [1.54, 1.807) is 30.4 Å². The topological polar surface area (TPSA) is 43.4 Å². The van der Waals surface area contributed by atoms with E-state index in [4.69, 9.17) is 11.6 Å². The third-order valence-electron chi connectivity index (χ3n) is 1.99. The third-order valence-corrected chi connectivity index (χ3v) is 2.22. The van der Waals surface area contributed by atoms with Gasteiger partial charge in [0.05, 0.1) is 13.5 Å². The van der Waals surface area contributed by atoms with E-state index in [0.717, 1.165) is 6.29 Å². The first-order valence-electron chi connectivity index (χ1n) is 4.65. The predicted molar refractivity (Wildman–Crippen MR) is 62.5 cm³/mol. The van der Waals surface area contributed by atoms with Crippen LogP contribution >= 0.6 is 11.6 Å². The van der Waals surface area contributed by atoms with Crippen LogP contribution in [-0.4, -0.2) is 19.4 Å². The van der Waals surface area contributed by atoms with Crippen molar-refractivity contribution >= 4 is 29.9 Å². The van der Waals surface area contributed by atoms with Gasteiger partial charge in [0.25, 0.3) is 0 Å². The summed E-state index contributed by atoms with van der Waals surface area (Å²) in [6, 6.07) is 4.94. The highest BCUT2D eigenvalue weighted by atomic mass is 35.5. The molecule has 1 aromatic carbocycles. The molecule has 0 saturated heterocycles. The molecule has 0 aliphatic rings. The van der Waals surface area contributed by atoms with Crippen LogP contribution < -0.4 is 0 Å². The molecule has 0 amide bonds. The van der Waals surface area contributed by atoms with Crippen LogP contribution in [0.15, 0.2) is 24.3 Å². The molecule has 3 nitrogen and oxygen atoms in total. The Morgan fingerprint density at radius 3 is 2.81 bits per heavy atom. The summed E-state index contributed by atoms with van der Waals surface area (Å²) in [7, 11) is 1.33. The van der Waals surface area contributed by atoms with Gasteiger partial charge < -0.3 is 4.74 Å². The van der Waals surface area contributed by atoms with Crippen LogP contribution in [0.3, 0.4) is 0 Å². The number of benzene rings is 1. The number of hydrogen-bond donors (Lipinski definition) is 0. The second kappa shape index (κ2) is 6.08. The quantitative estimate of drug-likeness (QED) is 0.598. The zero-order valence-electron chi connectivity index (χ0n) is 8.77. The summed E-state index contributed by atoms with van der Waals surface area (Å²) in [6.07, 6.45) is 4.21. The molecule has 0 atom stereocenters. The van der Waals surface area contributed by atoms with Crippen molar-refractivity contribution in [3.63, 3.8) is 0 Å². The number of methoxy groups -OCH3 is 1. The monoisotopic (exact) mass is 238 g/mol. The molecule has 0 N–H and O–H groups in total. The van der Waals surface area contributed by atoms with Crippen molar-refractivity contribution in [1.29, 1.82) is 0 Å². The summed E-state index contributed by atoms with van der Waals surface area (Å²) in [4.78, 5) is 21.6. The standard InChI is InChI=1S/C12H11ClO3/c1-16-12(15)4-2-3-9-7-11(13)6-5-10(9)8-14/h2-3,5-8H,4H2,1H3. The number of carbonyl (C=O) groups is 2. The molecule has 0 fully saturated rings. The first-order chi connectivity index (χ1) is 7.67. The van der Waals surface area contributed by atoms with Crippen LogP contribution in [0.25, 0.3) is 6.08 Å². The molecule has 0 unspecified atom stereocenters. The van der Waals surface area contributed by atoms with Crippen LogP contribution in [0.5, 0.6) is 0 Å². The van der Waals surface area contributed by atoms with Gasteiger partial charge in [0.15, 0.2) is 6.29 Å². The van der Waals surface area contributed by atoms with Crippen molar-refractivity contribution in [2.24, 2.45) is 0 Å². The van der Waals surface area contributed by atoms with Crippen molar-refractivity contribution in [2.45, 2.75) is 6.42 Å². The molecule has 0 aliphatic carbocycles. The summed E-state index contributed by atoms with van der Waals surface area (Å²) in [6.45, 7) is 0. The first kappa shape index (κ1) is 12.5. The number of halogens is 1. The fourth-order valence-electron chi connectivity index (χ4n) is 1.16. The normalized spacial score (nSPS) is 10.4. The van der Waals surface area contributed by atoms with Crippen molar-refractivity contribution in [3.8, 4) is 0 Å². The highest BCUT2D eigenvalue weighted by Gasteiger charge is 2.00. The second-order valence-electron chi connectivity index (χ2n) is 3.07. The van der Waals surface area contributed by atoms with Crippen molar-refractivity contribution in [1.82, 2.24) is 0 Å². The van der Waals surface area contributed by atoms with E-state index in [9.17, 15) is 9.59 Å². The van der Waals surface area contributed by atoms with Crippen molar-refractivity contribution in [2.75, 3.05) is 7.11 Å². The van der Waals surface area contributed by atoms with Gasteiger partial charge in [-0.05, 0) is 23.8 Å². The molecule has 0 radical (unpaired) electrons. The maximum absolute atomic E-state index is 10.9. The average Bonchev–Trinajstić information content (AvgIpc) is 2.29.